The van der Waals surface area contributed by atoms with Crippen LogP contribution in [0.5, 0.6) is 5.75 Å². The minimum atomic E-state index is 0.608. The Morgan fingerprint density at radius 3 is 2.57 bits per heavy atom. The van der Waals surface area contributed by atoms with Gasteiger partial charge in [-0.15, -0.1) is 10.2 Å². The molecular weight excluding hydrogens is 370 g/mol. The first-order chi connectivity index (χ1) is 13.8. The fourth-order valence-corrected chi connectivity index (χ4v) is 3.96. The van der Waals surface area contributed by atoms with Gasteiger partial charge < -0.3 is 9.15 Å². The summed E-state index contributed by atoms with van der Waals surface area (Å²) in [4.78, 5) is 0. The van der Waals surface area contributed by atoms with Gasteiger partial charge >= 0.3 is 0 Å². The second-order valence-corrected chi connectivity index (χ2v) is 7.27. The van der Waals surface area contributed by atoms with E-state index in [1.807, 2.05) is 48.5 Å². The van der Waals surface area contributed by atoms with E-state index in [-0.39, 0.29) is 0 Å². The van der Waals surface area contributed by atoms with Crippen LogP contribution in [0.25, 0.3) is 0 Å². The number of hydrogen-bond donors (Lipinski definition) is 0. The Kier molecular flexibility index (Phi) is 5.77. The summed E-state index contributed by atoms with van der Waals surface area (Å²) in [6.45, 7) is 0.608. The van der Waals surface area contributed by atoms with Crippen molar-refractivity contribution in [2.24, 2.45) is 0 Å². The molecule has 5 nitrogen and oxygen atoms in total. The lowest BCUT2D eigenvalue weighted by Gasteiger charge is -2.10. The standard InChI is InChI=1S/C22H21N3O2S/c1-26-20-12-6-5-10-18(20)16-28-22-24-23-21(14-17-8-3-2-4-9-17)25(22)15-19-11-7-13-27-19/h2-13H,14-16H2,1H3. The van der Waals surface area contributed by atoms with E-state index in [1.54, 1.807) is 25.1 Å². The molecule has 0 unspecified atom stereocenters. The molecule has 2 aromatic heterocycles. The first-order valence-electron chi connectivity index (χ1n) is 9.06. The first kappa shape index (κ1) is 18.4. The van der Waals surface area contributed by atoms with Crippen LogP contribution in [0, 0.1) is 0 Å². The van der Waals surface area contributed by atoms with E-state index in [4.69, 9.17) is 9.15 Å². The van der Waals surface area contributed by atoms with Gasteiger partial charge in [-0.05, 0) is 23.8 Å². The van der Waals surface area contributed by atoms with Crippen molar-refractivity contribution in [1.29, 1.82) is 0 Å². The van der Waals surface area contributed by atoms with Gasteiger partial charge in [0.1, 0.15) is 17.3 Å². The van der Waals surface area contributed by atoms with E-state index in [2.05, 4.69) is 33.0 Å². The number of nitrogens with zero attached hydrogens (tertiary/aromatic N) is 3. The number of thioether (sulfide) groups is 1. The molecule has 0 atom stereocenters. The lowest BCUT2D eigenvalue weighted by Crippen LogP contribution is -2.07. The van der Waals surface area contributed by atoms with Crippen LogP contribution >= 0.6 is 11.8 Å². The molecule has 0 spiro atoms. The van der Waals surface area contributed by atoms with Crippen LogP contribution in [-0.2, 0) is 18.7 Å². The van der Waals surface area contributed by atoms with E-state index < -0.39 is 0 Å². The lowest BCUT2D eigenvalue weighted by atomic mass is 10.1. The van der Waals surface area contributed by atoms with Gasteiger partial charge in [0, 0.05) is 17.7 Å². The maximum absolute atomic E-state index is 5.56. The highest BCUT2D eigenvalue weighted by molar-refractivity contribution is 7.98. The van der Waals surface area contributed by atoms with Crippen molar-refractivity contribution in [2.45, 2.75) is 23.9 Å². The smallest absolute Gasteiger partial charge is 0.191 e. The van der Waals surface area contributed by atoms with Crippen molar-refractivity contribution in [2.75, 3.05) is 7.11 Å². The van der Waals surface area contributed by atoms with Gasteiger partial charge in [0.05, 0.1) is 19.9 Å². The summed E-state index contributed by atoms with van der Waals surface area (Å²) in [6.07, 6.45) is 2.42. The van der Waals surface area contributed by atoms with E-state index >= 15 is 0 Å². The van der Waals surface area contributed by atoms with Crippen LogP contribution in [0.3, 0.4) is 0 Å². The number of ether oxygens (including phenoxy) is 1. The van der Waals surface area contributed by atoms with Crippen LogP contribution in [0.2, 0.25) is 0 Å². The number of methoxy groups -OCH3 is 1. The fraction of sp³-hybridized carbons (Fsp3) is 0.182. The van der Waals surface area contributed by atoms with Crippen LogP contribution in [0.15, 0.2) is 82.6 Å². The Hall–Kier alpha value is -2.99. The SMILES string of the molecule is COc1ccccc1CSc1nnc(Cc2ccccc2)n1Cc1ccco1. The summed E-state index contributed by atoms with van der Waals surface area (Å²) in [5, 5.41) is 9.79. The third kappa shape index (κ3) is 4.28. The number of aromatic nitrogens is 3. The molecule has 0 amide bonds. The molecule has 0 saturated carbocycles. The fourth-order valence-electron chi connectivity index (χ4n) is 3.02. The Balaban J connectivity index is 1.59. The maximum atomic E-state index is 5.56. The van der Waals surface area contributed by atoms with Crippen molar-refractivity contribution in [3.63, 3.8) is 0 Å². The number of hydrogen-bond acceptors (Lipinski definition) is 5. The van der Waals surface area contributed by atoms with Crippen molar-refractivity contribution in [3.8, 4) is 5.75 Å². The van der Waals surface area contributed by atoms with Gasteiger partial charge in [-0.1, -0.05) is 60.3 Å². The molecule has 2 aromatic carbocycles. The Labute approximate surface area is 168 Å². The van der Waals surface area contributed by atoms with Crippen molar-refractivity contribution in [3.05, 3.63) is 95.7 Å². The van der Waals surface area contributed by atoms with E-state index in [9.17, 15) is 0 Å². The highest BCUT2D eigenvalue weighted by atomic mass is 32.2. The number of furan rings is 1. The highest BCUT2D eigenvalue weighted by Gasteiger charge is 2.15. The normalized spacial score (nSPS) is 10.9. The summed E-state index contributed by atoms with van der Waals surface area (Å²) in [5.41, 5.74) is 2.34. The largest absolute Gasteiger partial charge is 0.496 e. The molecular formula is C22H21N3O2S. The zero-order valence-electron chi connectivity index (χ0n) is 15.6. The number of para-hydroxylation sites is 1. The molecule has 0 aliphatic rings. The third-order valence-electron chi connectivity index (χ3n) is 4.44. The molecule has 4 aromatic rings. The van der Waals surface area contributed by atoms with Crippen molar-refractivity contribution >= 4 is 11.8 Å². The average Bonchev–Trinajstić information content (AvgIpc) is 3.38. The molecule has 0 bridgehead atoms. The quantitative estimate of drug-likeness (QED) is 0.403. The van der Waals surface area contributed by atoms with E-state index in [1.165, 1.54) is 5.56 Å². The lowest BCUT2D eigenvalue weighted by molar-refractivity contribution is 0.411. The van der Waals surface area contributed by atoms with Crippen LogP contribution in [0.4, 0.5) is 0 Å². The van der Waals surface area contributed by atoms with E-state index in [0.29, 0.717) is 6.54 Å². The summed E-state index contributed by atoms with van der Waals surface area (Å²) in [6, 6.07) is 22.2. The van der Waals surface area contributed by atoms with Gasteiger partial charge in [0.2, 0.25) is 0 Å². The van der Waals surface area contributed by atoms with Gasteiger partial charge in [-0.3, -0.25) is 4.57 Å². The molecule has 0 aliphatic carbocycles. The van der Waals surface area contributed by atoms with Gasteiger partial charge in [-0.25, -0.2) is 0 Å². The molecule has 0 saturated heterocycles. The number of rotatable bonds is 8. The van der Waals surface area contributed by atoms with Crippen LogP contribution < -0.4 is 4.74 Å². The molecule has 0 fully saturated rings. The Morgan fingerprint density at radius 1 is 0.964 bits per heavy atom. The third-order valence-corrected chi connectivity index (χ3v) is 5.46. The summed E-state index contributed by atoms with van der Waals surface area (Å²) in [5.74, 6) is 3.45. The summed E-state index contributed by atoms with van der Waals surface area (Å²) < 4.78 is 13.2. The zero-order chi connectivity index (χ0) is 19.2. The molecule has 142 valence electrons. The highest BCUT2D eigenvalue weighted by Crippen LogP contribution is 2.28. The topological polar surface area (TPSA) is 53.1 Å². The number of benzene rings is 2. The molecule has 4 rings (SSSR count). The minimum Gasteiger partial charge on any atom is -0.496 e. The predicted molar refractivity (Wildman–Crippen MR) is 110 cm³/mol. The van der Waals surface area contributed by atoms with Crippen LogP contribution in [-0.4, -0.2) is 21.9 Å². The van der Waals surface area contributed by atoms with Crippen molar-refractivity contribution in [1.82, 2.24) is 14.8 Å². The monoisotopic (exact) mass is 391 g/mol. The second-order valence-electron chi connectivity index (χ2n) is 6.33. The Morgan fingerprint density at radius 2 is 1.79 bits per heavy atom. The van der Waals surface area contributed by atoms with Gasteiger partial charge in [0.25, 0.3) is 0 Å². The van der Waals surface area contributed by atoms with Gasteiger partial charge in [0.15, 0.2) is 5.16 Å². The maximum Gasteiger partial charge on any atom is 0.191 e. The second kappa shape index (κ2) is 8.80. The first-order valence-corrected chi connectivity index (χ1v) is 10.0. The zero-order valence-corrected chi connectivity index (χ0v) is 16.4. The molecule has 6 heteroatoms. The predicted octanol–water partition coefficient (Wildman–Crippen LogP) is 4.81. The average molecular weight is 391 g/mol. The molecule has 2 heterocycles. The van der Waals surface area contributed by atoms with Crippen molar-refractivity contribution < 1.29 is 9.15 Å². The van der Waals surface area contributed by atoms with Gasteiger partial charge in [-0.2, -0.15) is 0 Å². The minimum absolute atomic E-state index is 0.608. The Bertz CT molecular complexity index is 1010. The van der Waals surface area contributed by atoms with Crippen LogP contribution in [0.1, 0.15) is 22.7 Å². The molecule has 0 radical (unpaired) electrons. The van der Waals surface area contributed by atoms with E-state index in [0.717, 1.165) is 40.2 Å². The summed E-state index contributed by atoms with van der Waals surface area (Å²) in [7, 11) is 1.70. The molecule has 0 aliphatic heterocycles. The summed E-state index contributed by atoms with van der Waals surface area (Å²) >= 11 is 1.65. The molecule has 28 heavy (non-hydrogen) atoms. The molecule has 0 N–H and O–H groups in total.